The van der Waals surface area contributed by atoms with Gasteiger partial charge in [0.05, 0.1) is 6.10 Å². The summed E-state index contributed by atoms with van der Waals surface area (Å²) in [7, 11) is 1.61. The summed E-state index contributed by atoms with van der Waals surface area (Å²) in [5.74, 6) is -0.180. The topological polar surface area (TPSA) is 47.6 Å². The number of amides is 1. The minimum absolute atomic E-state index is 0.102. The summed E-state index contributed by atoms with van der Waals surface area (Å²) >= 11 is 0. The van der Waals surface area contributed by atoms with Crippen molar-refractivity contribution in [3.8, 4) is 0 Å². The highest BCUT2D eigenvalue weighted by molar-refractivity contribution is 5.87. The molecular weight excluding hydrogens is 350 g/mol. The van der Waals surface area contributed by atoms with Crippen LogP contribution in [-0.2, 0) is 27.1 Å². The fourth-order valence-electron chi connectivity index (χ4n) is 2.87. The Labute approximate surface area is 167 Å². The molecule has 2 rings (SSSR count). The Morgan fingerprint density at radius 3 is 2.29 bits per heavy atom. The van der Waals surface area contributed by atoms with Crippen LogP contribution in [0, 0.1) is 0 Å². The van der Waals surface area contributed by atoms with Crippen LogP contribution >= 0.6 is 0 Å². The van der Waals surface area contributed by atoms with Crippen LogP contribution in [0.15, 0.2) is 85.5 Å². The molecule has 0 aliphatic rings. The maximum atomic E-state index is 11.8. The second kappa shape index (κ2) is 12.7. The van der Waals surface area contributed by atoms with Gasteiger partial charge in [0.1, 0.15) is 6.79 Å². The van der Waals surface area contributed by atoms with Gasteiger partial charge in [0, 0.05) is 19.6 Å². The molecule has 0 fully saturated rings. The largest absolute Gasteiger partial charge is 0.359 e. The van der Waals surface area contributed by atoms with Crippen molar-refractivity contribution >= 4 is 5.91 Å². The van der Waals surface area contributed by atoms with Gasteiger partial charge < -0.3 is 14.8 Å². The van der Waals surface area contributed by atoms with Gasteiger partial charge in [-0.1, -0.05) is 79.4 Å². The number of carbonyl (C=O) groups excluding carboxylic acids is 1. The van der Waals surface area contributed by atoms with E-state index >= 15 is 0 Å². The lowest BCUT2D eigenvalue weighted by Crippen LogP contribution is -2.32. The fourth-order valence-corrected chi connectivity index (χ4v) is 2.87. The van der Waals surface area contributed by atoms with Crippen LogP contribution in [0.25, 0.3) is 0 Å². The summed E-state index contributed by atoms with van der Waals surface area (Å²) in [6, 6.07) is 20.3. The van der Waals surface area contributed by atoms with Crippen molar-refractivity contribution in [2.24, 2.45) is 0 Å². The molecule has 0 spiro atoms. The Morgan fingerprint density at radius 1 is 1.04 bits per heavy atom. The molecule has 2 atom stereocenters. The van der Waals surface area contributed by atoms with Gasteiger partial charge >= 0.3 is 0 Å². The first kappa shape index (κ1) is 21.6. The van der Waals surface area contributed by atoms with Crippen molar-refractivity contribution in [1.82, 2.24) is 5.32 Å². The third kappa shape index (κ3) is 8.33. The molecule has 1 amide bonds. The second-order valence-corrected chi connectivity index (χ2v) is 6.53. The van der Waals surface area contributed by atoms with E-state index in [1.165, 1.54) is 17.2 Å². The third-order valence-corrected chi connectivity index (χ3v) is 4.34. The Bertz CT molecular complexity index is 728. The van der Waals surface area contributed by atoms with E-state index in [-0.39, 0.29) is 24.8 Å². The Balaban J connectivity index is 2.04. The lowest BCUT2D eigenvalue weighted by atomic mass is 10.0. The summed E-state index contributed by atoms with van der Waals surface area (Å²) in [5, 5.41) is 2.98. The number of carbonyl (C=O) groups is 1. The zero-order valence-electron chi connectivity index (χ0n) is 16.4. The summed E-state index contributed by atoms with van der Waals surface area (Å²) < 4.78 is 10.9. The second-order valence-electron chi connectivity index (χ2n) is 6.53. The van der Waals surface area contributed by atoms with Gasteiger partial charge in [-0.25, -0.2) is 0 Å². The predicted octanol–water partition coefficient (Wildman–Crippen LogP) is 4.08. The molecule has 4 nitrogen and oxygen atoms in total. The molecule has 0 aliphatic heterocycles. The van der Waals surface area contributed by atoms with Crippen molar-refractivity contribution in [2.45, 2.75) is 31.4 Å². The van der Waals surface area contributed by atoms with E-state index in [9.17, 15) is 4.79 Å². The maximum absolute atomic E-state index is 11.8. The van der Waals surface area contributed by atoms with Gasteiger partial charge in [-0.05, 0) is 30.0 Å². The van der Waals surface area contributed by atoms with Crippen LogP contribution in [0.5, 0.6) is 0 Å². The molecule has 0 saturated carbocycles. The Hall–Kier alpha value is -2.69. The van der Waals surface area contributed by atoms with Gasteiger partial charge in [-0.3, -0.25) is 4.79 Å². The maximum Gasteiger partial charge on any atom is 0.243 e. The highest BCUT2D eigenvalue weighted by Gasteiger charge is 2.11. The number of benzene rings is 2. The molecule has 148 valence electrons. The molecule has 0 bridgehead atoms. The van der Waals surface area contributed by atoms with Gasteiger partial charge in [-0.15, -0.1) is 0 Å². The number of hydrogen-bond donors (Lipinski definition) is 1. The van der Waals surface area contributed by atoms with Gasteiger partial charge in [0.2, 0.25) is 5.91 Å². The monoisotopic (exact) mass is 379 g/mol. The van der Waals surface area contributed by atoms with Crippen LogP contribution < -0.4 is 5.32 Å². The first-order valence-corrected chi connectivity index (χ1v) is 9.51. The standard InChI is InChI=1S/C24H29NO3/c1-3-24(26)25-22(15-14-20-10-6-4-7-11-20)16-17-23(28-19-27-2)18-21-12-8-5-9-13-21/h3-13,16-17,22-23H,1,14-15,18-19H2,2H3,(H,25,26)/b17-16+/t22-,23-/m1/s1. The van der Waals surface area contributed by atoms with E-state index in [1.54, 1.807) is 7.11 Å². The Kier molecular flexibility index (Phi) is 9.76. The number of methoxy groups -OCH3 is 1. The van der Waals surface area contributed by atoms with Crippen LogP contribution in [-0.4, -0.2) is 32.0 Å². The number of nitrogens with one attached hydrogen (secondary N) is 1. The van der Waals surface area contributed by atoms with Crippen molar-refractivity contribution < 1.29 is 14.3 Å². The first-order chi connectivity index (χ1) is 13.7. The van der Waals surface area contributed by atoms with E-state index < -0.39 is 0 Å². The molecule has 0 saturated heterocycles. The normalized spacial score (nSPS) is 13.2. The summed E-state index contributed by atoms with van der Waals surface area (Å²) in [6.07, 6.45) is 7.58. The van der Waals surface area contributed by atoms with Gasteiger partial charge in [0.25, 0.3) is 0 Å². The first-order valence-electron chi connectivity index (χ1n) is 9.51. The molecule has 0 radical (unpaired) electrons. The Morgan fingerprint density at radius 2 is 1.68 bits per heavy atom. The number of ether oxygens (including phenoxy) is 2. The van der Waals surface area contributed by atoms with E-state index in [0.717, 1.165) is 19.3 Å². The number of aryl methyl sites for hydroxylation is 1. The quantitative estimate of drug-likeness (QED) is 0.343. The molecule has 2 aromatic carbocycles. The average molecular weight is 380 g/mol. The summed E-state index contributed by atoms with van der Waals surface area (Å²) in [5.41, 5.74) is 2.43. The summed E-state index contributed by atoms with van der Waals surface area (Å²) in [6.45, 7) is 3.76. The van der Waals surface area contributed by atoms with E-state index in [0.29, 0.717) is 0 Å². The minimum Gasteiger partial charge on any atom is -0.359 e. The average Bonchev–Trinajstić information content (AvgIpc) is 2.74. The molecule has 0 heterocycles. The van der Waals surface area contributed by atoms with Crippen molar-refractivity contribution in [2.75, 3.05) is 13.9 Å². The third-order valence-electron chi connectivity index (χ3n) is 4.34. The lowest BCUT2D eigenvalue weighted by molar-refractivity contribution is -0.116. The predicted molar refractivity (Wildman–Crippen MR) is 113 cm³/mol. The van der Waals surface area contributed by atoms with Crippen molar-refractivity contribution in [3.63, 3.8) is 0 Å². The molecule has 2 aromatic rings. The molecule has 1 N–H and O–H groups in total. The van der Waals surface area contributed by atoms with E-state index in [2.05, 4.69) is 36.2 Å². The lowest BCUT2D eigenvalue weighted by Gasteiger charge is -2.17. The zero-order valence-corrected chi connectivity index (χ0v) is 16.4. The molecule has 0 aliphatic carbocycles. The summed E-state index contributed by atoms with van der Waals surface area (Å²) in [4.78, 5) is 11.8. The van der Waals surface area contributed by atoms with Crippen LogP contribution in [0.2, 0.25) is 0 Å². The molecule has 4 heteroatoms. The molecule has 0 unspecified atom stereocenters. The smallest absolute Gasteiger partial charge is 0.243 e. The molecular formula is C24H29NO3. The van der Waals surface area contributed by atoms with Crippen LogP contribution in [0.1, 0.15) is 17.5 Å². The highest BCUT2D eigenvalue weighted by atomic mass is 16.7. The minimum atomic E-state index is -0.180. The zero-order chi connectivity index (χ0) is 20.0. The molecule has 0 aromatic heterocycles. The van der Waals surface area contributed by atoms with E-state index in [4.69, 9.17) is 9.47 Å². The number of hydrogen-bond acceptors (Lipinski definition) is 3. The fraction of sp³-hybridized carbons (Fsp3) is 0.292. The SMILES string of the molecule is C=CC(=O)N[C@@H](/C=C/[C@H](Cc1ccccc1)OCOC)CCc1ccccc1. The van der Waals surface area contributed by atoms with Gasteiger partial charge in [-0.2, -0.15) is 0 Å². The van der Waals surface area contributed by atoms with Crippen molar-refractivity contribution in [1.29, 1.82) is 0 Å². The highest BCUT2D eigenvalue weighted by Crippen LogP contribution is 2.10. The van der Waals surface area contributed by atoms with Crippen molar-refractivity contribution in [3.05, 3.63) is 96.6 Å². The van der Waals surface area contributed by atoms with Gasteiger partial charge in [0.15, 0.2) is 0 Å². The molecule has 28 heavy (non-hydrogen) atoms. The van der Waals surface area contributed by atoms with E-state index in [1.807, 2.05) is 48.6 Å². The number of rotatable bonds is 12. The van der Waals surface area contributed by atoms with Crippen LogP contribution in [0.4, 0.5) is 0 Å². The van der Waals surface area contributed by atoms with Crippen LogP contribution in [0.3, 0.4) is 0 Å².